The third kappa shape index (κ3) is 9.73. The van der Waals surface area contributed by atoms with Crippen LogP contribution >= 0.6 is 12.2 Å². The van der Waals surface area contributed by atoms with Crippen molar-refractivity contribution in [2.24, 2.45) is 0 Å². The van der Waals surface area contributed by atoms with Gasteiger partial charge in [0.05, 0.1) is 36.4 Å². The van der Waals surface area contributed by atoms with Gasteiger partial charge in [0, 0.05) is 61.8 Å². The molecule has 59 heavy (non-hydrogen) atoms. The van der Waals surface area contributed by atoms with E-state index >= 15 is 0 Å². The molecule has 0 aromatic heterocycles. The van der Waals surface area contributed by atoms with Crippen molar-refractivity contribution in [3.8, 4) is 23.5 Å². The van der Waals surface area contributed by atoms with Crippen LogP contribution in [0.5, 0.6) is 0 Å². The molecule has 0 radical (unpaired) electrons. The zero-order chi connectivity index (χ0) is 42.3. The zero-order valence-electron chi connectivity index (χ0n) is 32.5. The second-order valence-electron chi connectivity index (χ2n) is 14.4. The van der Waals surface area contributed by atoms with Crippen molar-refractivity contribution in [3.05, 3.63) is 108 Å². The summed E-state index contributed by atoms with van der Waals surface area (Å²) in [6.07, 6.45) is 0.860. The Hall–Kier alpha value is -6.24. The number of hydrogen-bond donors (Lipinski definition) is 3. The lowest BCUT2D eigenvalue weighted by Crippen LogP contribution is -2.44. The molecule has 6 rings (SSSR count). The number of piperidine rings is 1. The minimum Gasteiger partial charge on any atom is -0.383 e. The number of Topliss-reactive ketones (excluding diaryl/α,β-unsaturated/α-hetero) is 1. The minimum absolute atomic E-state index is 0.0147. The predicted molar refractivity (Wildman–Crippen MR) is 225 cm³/mol. The van der Waals surface area contributed by atoms with Crippen LogP contribution in [0, 0.1) is 12.3 Å². The number of nitrogens with one attached hydrogen (secondary N) is 3. The Morgan fingerprint density at radius 1 is 0.881 bits per heavy atom. The molecule has 0 saturated carbocycles. The van der Waals surface area contributed by atoms with Crippen molar-refractivity contribution >= 4 is 63.6 Å². The van der Waals surface area contributed by atoms with Gasteiger partial charge >= 0.3 is 6.18 Å². The molecule has 0 atom stereocenters. The van der Waals surface area contributed by atoms with Gasteiger partial charge in [0.2, 0.25) is 5.91 Å². The van der Waals surface area contributed by atoms with Crippen LogP contribution < -0.4 is 25.8 Å². The number of ketones is 1. The van der Waals surface area contributed by atoms with Crippen molar-refractivity contribution in [1.29, 1.82) is 0 Å². The molecule has 2 heterocycles. The number of halogens is 3. The average molecular weight is 825 g/mol. The first-order valence-electron chi connectivity index (χ1n) is 19.0. The predicted octanol–water partition coefficient (Wildman–Crippen LogP) is 6.73. The molecule has 2 fully saturated rings. The van der Waals surface area contributed by atoms with E-state index in [1.54, 1.807) is 35.8 Å². The summed E-state index contributed by atoms with van der Waals surface area (Å²) in [5.41, 5.74) is 1.98. The van der Waals surface area contributed by atoms with Gasteiger partial charge in [0.25, 0.3) is 11.8 Å². The lowest BCUT2D eigenvalue weighted by atomic mass is 10.0. The second kappa shape index (κ2) is 18.1. The summed E-state index contributed by atoms with van der Waals surface area (Å²) in [7, 11) is 0. The van der Waals surface area contributed by atoms with Crippen molar-refractivity contribution in [3.63, 3.8) is 0 Å². The lowest BCUT2D eigenvalue weighted by molar-refractivity contribution is -0.139. The Balaban J connectivity index is 0.952. The van der Waals surface area contributed by atoms with Crippen LogP contribution in [0.25, 0.3) is 11.1 Å². The van der Waals surface area contributed by atoms with Crippen LogP contribution in [0.1, 0.15) is 48.2 Å². The summed E-state index contributed by atoms with van der Waals surface area (Å²) in [4.78, 5) is 54.3. The third-order valence-corrected chi connectivity index (χ3v) is 10.4. The fourth-order valence-corrected chi connectivity index (χ4v) is 7.45. The Kier molecular flexibility index (Phi) is 13.0. The van der Waals surface area contributed by atoms with E-state index in [2.05, 4.69) is 21.9 Å². The maximum atomic E-state index is 13.8. The molecule has 15 heteroatoms. The van der Waals surface area contributed by atoms with Gasteiger partial charge in [-0.25, -0.2) is 0 Å². The topological polar surface area (TPSA) is 123 Å². The summed E-state index contributed by atoms with van der Waals surface area (Å²) in [6.45, 7) is 6.25. The van der Waals surface area contributed by atoms with E-state index in [9.17, 15) is 32.3 Å². The Labute approximate surface area is 345 Å². The van der Waals surface area contributed by atoms with Crippen LogP contribution in [-0.4, -0.2) is 85.0 Å². The quantitative estimate of drug-likeness (QED) is 0.0519. The summed E-state index contributed by atoms with van der Waals surface area (Å²) < 4.78 is 47.1. The highest BCUT2D eigenvalue weighted by Crippen LogP contribution is 2.40. The van der Waals surface area contributed by atoms with Gasteiger partial charge in [-0.05, 0) is 91.8 Å². The highest BCUT2D eigenvalue weighted by atomic mass is 32.1. The number of likely N-dealkylation sites (tertiary alicyclic amines) is 1. The standard InChI is InChI=1S/C44H43F3N6O5S/c1-4-29-11-18-34(27-37(29)44(45,46)47)52-41(57)43(2,3)53(42(52)59)33-16-12-31(13-17-33)30-9-14-32(15-10-30)48-21-25-58-26-22-49-38-8-6-5-7-36(38)40(56)50-20-24-51-23-19-35(54)28-39(51)55/h1,5-18,27,48-49H,19-26,28H2,2-3H3,(H,50,56). The molecule has 0 aliphatic carbocycles. The van der Waals surface area contributed by atoms with Crippen LogP contribution in [0.2, 0.25) is 0 Å². The molecule has 0 unspecified atom stereocenters. The number of carbonyl (C=O) groups excluding carboxylic acids is 4. The maximum Gasteiger partial charge on any atom is 0.417 e. The van der Waals surface area contributed by atoms with Crippen molar-refractivity contribution in [1.82, 2.24) is 10.2 Å². The number of anilines is 4. The van der Waals surface area contributed by atoms with E-state index in [1.807, 2.05) is 60.7 Å². The van der Waals surface area contributed by atoms with Crippen LogP contribution in [0.4, 0.5) is 35.9 Å². The number of carbonyl (C=O) groups is 4. The number of benzene rings is 4. The molecule has 3 amide bonds. The first-order valence-corrected chi connectivity index (χ1v) is 19.4. The summed E-state index contributed by atoms with van der Waals surface area (Å²) >= 11 is 5.68. The minimum atomic E-state index is -4.71. The van der Waals surface area contributed by atoms with E-state index in [0.29, 0.717) is 62.8 Å². The number of hydrogen-bond acceptors (Lipinski definition) is 8. The fraction of sp³-hybridized carbons (Fsp3) is 0.295. The van der Waals surface area contributed by atoms with Gasteiger partial charge in [-0.1, -0.05) is 42.3 Å². The zero-order valence-corrected chi connectivity index (χ0v) is 33.3. The number of alkyl halides is 3. The molecule has 11 nitrogen and oxygen atoms in total. The largest absolute Gasteiger partial charge is 0.417 e. The lowest BCUT2D eigenvalue weighted by Gasteiger charge is -2.29. The molecule has 306 valence electrons. The van der Waals surface area contributed by atoms with E-state index < -0.39 is 23.2 Å². The molecule has 2 saturated heterocycles. The van der Waals surface area contributed by atoms with Gasteiger partial charge in [0.15, 0.2) is 5.11 Å². The molecule has 4 aromatic rings. The van der Waals surface area contributed by atoms with Gasteiger partial charge < -0.3 is 30.5 Å². The third-order valence-electron chi connectivity index (χ3n) is 10.1. The smallest absolute Gasteiger partial charge is 0.383 e. The SMILES string of the molecule is C#Cc1ccc(N2C(=O)C(C)(C)N(c3ccc(-c4ccc(NCCOCCNc5ccccc5C(=O)NCCN5CCC(=O)CC5=O)cc4)cc3)C2=S)cc1C(F)(F)F. The van der Waals surface area contributed by atoms with Crippen LogP contribution in [-0.2, 0) is 25.3 Å². The number of amides is 3. The van der Waals surface area contributed by atoms with Gasteiger partial charge in [-0.2, -0.15) is 13.2 Å². The summed E-state index contributed by atoms with van der Waals surface area (Å²) in [5.74, 6) is 1.06. The van der Waals surface area contributed by atoms with Gasteiger partial charge in [0.1, 0.15) is 11.3 Å². The van der Waals surface area contributed by atoms with Crippen LogP contribution in [0.15, 0.2) is 91.0 Å². The Morgan fingerprint density at radius 3 is 2.19 bits per heavy atom. The average Bonchev–Trinajstić information content (AvgIpc) is 3.39. The summed E-state index contributed by atoms with van der Waals surface area (Å²) in [6, 6.07) is 25.8. The Morgan fingerprint density at radius 2 is 1.53 bits per heavy atom. The molecule has 0 bridgehead atoms. The number of terminal acetylenes is 1. The number of rotatable bonds is 15. The van der Waals surface area contributed by atoms with E-state index in [-0.39, 0.29) is 46.9 Å². The molecule has 0 spiro atoms. The first kappa shape index (κ1) is 42.4. The highest BCUT2D eigenvalue weighted by molar-refractivity contribution is 7.81. The highest BCUT2D eigenvalue weighted by Gasteiger charge is 2.50. The normalized spacial score (nSPS) is 15.4. The molecular formula is C44H43F3N6O5S. The van der Waals surface area contributed by atoms with E-state index in [1.165, 1.54) is 12.1 Å². The fourth-order valence-electron chi connectivity index (χ4n) is 6.92. The van der Waals surface area contributed by atoms with Crippen molar-refractivity contribution < 1.29 is 37.1 Å². The molecular weight excluding hydrogens is 782 g/mol. The van der Waals surface area contributed by atoms with E-state index in [4.69, 9.17) is 23.4 Å². The molecule has 2 aliphatic heterocycles. The monoisotopic (exact) mass is 824 g/mol. The first-order chi connectivity index (χ1) is 28.2. The van der Waals surface area contributed by atoms with Gasteiger partial charge in [-0.15, -0.1) is 6.42 Å². The van der Waals surface area contributed by atoms with Crippen LogP contribution in [0.3, 0.4) is 0 Å². The maximum absolute atomic E-state index is 13.8. The van der Waals surface area contributed by atoms with Crippen molar-refractivity contribution in [2.75, 3.05) is 66.4 Å². The van der Waals surface area contributed by atoms with Crippen molar-refractivity contribution in [2.45, 2.75) is 38.4 Å². The molecule has 3 N–H and O–H groups in total. The van der Waals surface area contributed by atoms with E-state index in [0.717, 1.165) is 27.8 Å². The molecule has 4 aromatic carbocycles. The number of nitrogens with zero attached hydrogens (tertiary/aromatic N) is 3. The molecule has 2 aliphatic rings. The summed E-state index contributed by atoms with van der Waals surface area (Å²) in [5, 5.41) is 9.49. The Bertz CT molecular complexity index is 2270. The second-order valence-corrected chi connectivity index (χ2v) is 14.8. The number of ether oxygens (including phenoxy) is 1. The number of para-hydroxylation sites is 1. The number of thiocarbonyl (C=S) groups is 1. The van der Waals surface area contributed by atoms with Gasteiger partial charge in [-0.3, -0.25) is 24.1 Å².